The average molecular weight is 367 g/mol. The number of carbonyl (C=O) groups excluding carboxylic acids is 1. The molecule has 2 aliphatic rings. The van der Waals surface area contributed by atoms with E-state index < -0.39 is 0 Å². The number of piperidine rings is 2. The SMILES string of the molecule is Cc1c(C(=O)N2CCCC(C)(c3ccccc3)C2)nnn1C1CCNCC1. The van der Waals surface area contributed by atoms with E-state index in [4.69, 9.17) is 0 Å². The molecule has 4 rings (SSSR count). The van der Waals surface area contributed by atoms with Crippen LogP contribution in [-0.4, -0.2) is 52.0 Å². The van der Waals surface area contributed by atoms with Crippen LogP contribution in [0, 0.1) is 6.92 Å². The summed E-state index contributed by atoms with van der Waals surface area (Å²) in [7, 11) is 0. The third-order valence-electron chi connectivity index (χ3n) is 6.24. The molecule has 144 valence electrons. The number of aromatic nitrogens is 3. The van der Waals surface area contributed by atoms with Gasteiger partial charge in [0.15, 0.2) is 5.69 Å². The lowest BCUT2D eigenvalue weighted by Gasteiger charge is -2.40. The van der Waals surface area contributed by atoms with Crippen molar-refractivity contribution in [3.63, 3.8) is 0 Å². The maximum Gasteiger partial charge on any atom is 0.276 e. The largest absolute Gasteiger partial charge is 0.336 e. The van der Waals surface area contributed by atoms with Gasteiger partial charge in [-0.3, -0.25) is 4.79 Å². The molecule has 1 atom stereocenters. The fourth-order valence-electron chi connectivity index (χ4n) is 4.58. The van der Waals surface area contributed by atoms with Gasteiger partial charge in [-0.15, -0.1) is 5.10 Å². The molecule has 0 aliphatic carbocycles. The number of carbonyl (C=O) groups is 1. The summed E-state index contributed by atoms with van der Waals surface area (Å²) in [4.78, 5) is 15.2. The normalized spacial score (nSPS) is 24.1. The van der Waals surface area contributed by atoms with Gasteiger partial charge >= 0.3 is 0 Å². The number of hydrogen-bond donors (Lipinski definition) is 1. The van der Waals surface area contributed by atoms with Crippen molar-refractivity contribution in [3.8, 4) is 0 Å². The molecule has 6 heteroatoms. The Morgan fingerprint density at radius 1 is 1.22 bits per heavy atom. The van der Waals surface area contributed by atoms with E-state index in [1.54, 1.807) is 0 Å². The van der Waals surface area contributed by atoms with Crippen molar-refractivity contribution in [2.75, 3.05) is 26.2 Å². The minimum absolute atomic E-state index is 0.00584. The highest BCUT2D eigenvalue weighted by Gasteiger charge is 2.36. The standard InChI is InChI=1S/C21H29N5O/c1-16-19(23-24-26(16)18-9-12-22-13-10-18)20(27)25-14-6-11-21(2,15-25)17-7-4-3-5-8-17/h3-5,7-8,18,22H,6,9-15H2,1-2H3. The van der Waals surface area contributed by atoms with E-state index in [-0.39, 0.29) is 11.3 Å². The van der Waals surface area contributed by atoms with Crippen molar-refractivity contribution in [3.05, 3.63) is 47.3 Å². The number of benzene rings is 1. The van der Waals surface area contributed by atoms with Crippen molar-refractivity contribution in [2.24, 2.45) is 0 Å². The van der Waals surface area contributed by atoms with E-state index in [2.05, 4.69) is 46.8 Å². The molecule has 1 aromatic carbocycles. The third kappa shape index (κ3) is 3.50. The Morgan fingerprint density at radius 3 is 2.70 bits per heavy atom. The first kappa shape index (κ1) is 18.2. The second-order valence-corrected chi connectivity index (χ2v) is 8.21. The number of nitrogens with one attached hydrogen (secondary N) is 1. The topological polar surface area (TPSA) is 63.1 Å². The Balaban J connectivity index is 1.53. The van der Waals surface area contributed by atoms with E-state index in [0.29, 0.717) is 11.7 Å². The molecule has 0 bridgehead atoms. The van der Waals surface area contributed by atoms with Gasteiger partial charge in [0.2, 0.25) is 0 Å². The summed E-state index contributed by atoms with van der Waals surface area (Å²) in [5.41, 5.74) is 2.72. The van der Waals surface area contributed by atoms with Crippen molar-refractivity contribution in [1.29, 1.82) is 0 Å². The van der Waals surface area contributed by atoms with E-state index in [1.807, 2.05) is 22.6 Å². The van der Waals surface area contributed by atoms with Crippen molar-refractivity contribution < 1.29 is 4.79 Å². The minimum atomic E-state index is -0.00584. The fraction of sp³-hybridized carbons (Fsp3) is 0.571. The average Bonchev–Trinajstić information content (AvgIpc) is 3.10. The van der Waals surface area contributed by atoms with E-state index in [0.717, 1.165) is 57.6 Å². The van der Waals surface area contributed by atoms with Crippen molar-refractivity contribution in [2.45, 2.75) is 51.0 Å². The molecule has 2 saturated heterocycles. The van der Waals surface area contributed by atoms with Crippen molar-refractivity contribution >= 4 is 5.91 Å². The first-order valence-electron chi connectivity index (χ1n) is 10.1. The summed E-state index contributed by atoms with van der Waals surface area (Å²) in [5.74, 6) is 0.0227. The van der Waals surface area contributed by atoms with Gasteiger partial charge in [-0.25, -0.2) is 4.68 Å². The molecule has 2 fully saturated rings. The molecular formula is C21H29N5O. The van der Waals surface area contributed by atoms with E-state index in [1.165, 1.54) is 5.56 Å². The van der Waals surface area contributed by atoms with Gasteiger partial charge in [0.25, 0.3) is 5.91 Å². The second-order valence-electron chi connectivity index (χ2n) is 8.21. The molecule has 0 spiro atoms. The van der Waals surface area contributed by atoms with Crippen LogP contribution in [-0.2, 0) is 5.41 Å². The number of hydrogen-bond acceptors (Lipinski definition) is 4. The number of amides is 1. The predicted octanol–water partition coefficient (Wildman–Crippen LogP) is 2.70. The molecule has 0 radical (unpaired) electrons. The van der Waals surface area contributed by atoms with Crippen molar-refractivity contribution in [1.82, 2.24) is 25.2 Å². The number of likely N-dealkylation sites (tertiary alicyclic amines) is 1. The van der Waals surface area contributed by atoms with Crippen LogP contribution >= 0.6 is 0 Å². The quantitative estimate of drug-likeness (QED) is 0.906. The minimum Gasteiger partial charge on any atom is -0.336 e. The van der Waals surface area contributed by atoms with Gasteiger partial charge in [-0.2, -0.15) is 0 Å². The Kier molecular flexibility index (Phi) is 5.00. The molecule has 27 heavy (non-hydrogen) atoms. The summed E-state index contributed by atoms with van der Waals surface area (Å²) < 4.78 is 1.97. The highest BCUT2D eigenvalue weighted by Crippen LogP contribution is 2.34. The molecule has 0 saturated carbocycles. The lowest BCUT2D eigenvalue weighted by atomic mass is 9.76. The van der Waals surface area contributed by atoms with Crippen LogP contribution < -0.4 is 5.32 Å². The van der Waals surface area contributed by atoms with Gasteiger partial charge in [0.1, 0.15) is 0 Å². The van der Waals surface area contributed by atoms with Gasteiger partial charge in [-0.05, 0) is 51.3 Å². The van der Waals surface area contributed by atoms with Crippen LogP contribution in [0.4, 0.5) is 0 Å². The Morgan fingerprint density at radius 2 is 1.96 bits per heavy atom. The van der Waals surface area contributed by atoms with Gasteiger partial charge < -0.3 is 10.2 Å². The summed E-state index contributed by atoms with van der Waals surface area (Å²) in [6.45, 7) is 7.76. The molecule has 2 aromatic rings. The summed E-state index contributed by atoms with van der Waals surface area (Å²) in [6, 6.07) is 10.9. The smallest absolute Gasteiger partial charge is 0.276 e. The predicted molar refractivity (Wildman–Crippen MR) is 105 cm³/mol. The van der Waals surface area contributed by atoms with Gasteiger partial charge in [0, 0.05) is 18.5 Å². The molecule has 1 aromatic heterocycles. The first-order valence-corrected chi connectivity index (χ1v) is 10.1. The highest BCUT2D eigenvalue weighted by molar-refractivity contribution is 5.93. The van der Waals surface area contributed by atoms with Crippen LogP contribution in [0.25, 0.3) is 0 Å². The lowest BCUT2D eigenvalue weighted by molar-refractivity contribution is 0.0644. The Bertz CT molecular complexity index is 796. The van der Waals surface area contributed by atoms with Crippen LogP contribution in [0.5, 0.6) is 0 Å². The Labute approximate surface area is 160 Å². The maximum absolute atomic E-state index is 13.2. The highest BCUT2D eigenvalue weighted by atomic mass is 16.2. The Hall–Kier alpha value is -2.21. The monoisotopic (exact) mass is 367 g/mol. The molecular weight excluding hydrogens is 338 g/mol. The van der Waals surface area contributed by atoms with Gasteiger partial charge in [0.05, 0.1) is 11.7 Å². The maximum atomic E-state index is 13.2. The van der Waals surface area contributed by atoms with Crippen LogP contribution in [0.3, 0.4) is 0 Å². The van der Waals surface area contributed by atoms with Gasteiger partial charge in [-0.1, -0.05) is 42.5 Å². The molecule has 1 unspecified atom stereocenters. The van der Waals surface area contributed by atoms with E-state index >= 15 is 0 Å². The third-order valence-corrected chi connectivity index (χ3v) is 6.24. The van der Waals surface area contributed by atoms with E-state index in [9.17, 15) is 4.79 Å². The molecule has 3 heterocycles. The zero-order chi connectivity index (χ0) is 18.9. The molecule has 6 nitrogen and oxygen atoms in total. The fourth-order valence-corrected chi connectivity index (χ4v) is 4.58. The molecule has 2 aliphatic heterocycles. The molecule has 1 amide bonds. The summed E-state index contributed by atoms with van der Waals surface area (Å²) in [5, 5.41) is 12.0. The summed E-state index contributed by atoms with van der Waals surface area (Å²) in [6.07, 6.45) is 4.18. The zero-order valence-corrected chi connectivity index (χ0v) is 16.3. The van der Waals surface area contributed by atoms with Crippen LogP contribution in [0.2, 0.25) is 0 Å². The second kappa shape index (κ2) is 7.43. The first-order chi connectivity index (χ1) is 13.1. The van der Waals surface area contributed by atoms with Crippen LogP contribution in [0.15, 0.2) is 30.3 Å². The number of rotatable bonds is 3. The lowest BCUT2D eigenvalue weighted by Crippen LogP contribution is -2.47. The van der Waals surface area contributed by atoms with Crippen LogP contribution in [0.1, 0.15) is 60.4 Å². The number of nitrogens with zero attached hydrogens (tertiary/aromatic N) is 4. The zero-order valence-electron chi connectivity index (χ0n) is 16.3. The molecule has 1 N–H and O–H groups in total. The summed E-state index contributed by atoms with van der Waals surface area (Å²) >= 11 is 0.